The smallest absolute Gasteiger partial charge is 0.431 e. The molecule has 1 N–H and O–H groups in total. The maximum atomic E-state index is 13.2. The lowest BCUT2D eigenvalue weighted by atomic mass is 10.1. The average Bonchev–Trinajstić information content (AvgIpc) is 3.05. The van der Waals surface area contributed by atoms with Gasteiger partial charge in [-0.25, -0.2) is 4.98 Å². The van der Waals surface area contributed by atoms with Crippen LogP contribution in [0.1, 0.15) is 5.56 Å². The Bertz CT molecular complexity index is 746. The molecule has 0 bridgehead atoms. The first-order valence-electron chi connectivity index (χ1n) is 6.72. The second kappa shape index (κ2) is 7.09. The van der Waals surface area contributed by atoms with Gasteiger partial charge in [-0.3, -0.25) is 4.79 Å². The fraction of sp³-hybridized carbons (Fsp3) is 0.286. The summed E-state index contributed by atoms with van der Waals surface area (Å²) in [4.78, 5) is 15.0. The molecule has 0 fully saturated rings. The fourth-order valence-electron chi connectivity index (χ4n) is 1.65. The molecule has 1 amide bonds. The number of aromatic nitrogens is 1. The number of hydrogen-bond acceptors (Lipinski definition) is 4. The predicted octanol–water partition coefficient (Wildman–Crippen LogP) is 4.38. The first-order chi connectivity index (χ1) is 11.9. The summed E-state index contributed by atoms with van der Waals surface area (Å²) in [6.07, 6.45) is -5.07. The summed E-state index contributed by atoms with van der Waals surface area (Å²) in [5.74, 6) is -14.8. The van der Waals surface area contributed by atoms with E-state index in [1.165, 1.54) is 47.1 Å². The van der Waals surface area contributed by atoms with E-state index in [-0.39, 0.29) is 5.56 Å². The van der Waals surface area contributed by atoms with Crippen molar-refractivity contribution in [1.29, 1.82) is 0 Å². The maximum Gasteiger partial charge on any atom is 0.460 e. The topological polar surface area (TPSA) is 51.2 Å². The highest BCUT2D eigenvalue weighted by atomic mass is 32.1. The van der Waals surface area contributed by atoms with Crippen LogP contribution in [-0.4, -0.2) is 28.9 Å². The van der Waals surface area contributed by atoms with Gasteiger partial charge in [0, 0.05) is 18.1 Å². The van der Waals surface area contributed by atoms with E-state index >= 15 is 0 Å². The van der Waals surface area contributed by atoms with Gasteiger partial charge < -0.3 is 10.1 Å². The molecule has 1 heterocycles. The van der Waals surface area contributed by atoms with Crippen molar-refractivity contribution in [1.82, 2.24) is 10.3 Å². The van der Waals surface area contributed by atoms with Crippen LogP contribution < -0.4 is 10.1 Å². The molecule has 1 aromatic carbocycles. The van der Waals surface area contributed by atoms with Crippen molar-refractivity contribution < 1.29 is 40.3 Å². The molecular formula is C14H9F7N2O2S. The van der Waals surface area contributed by atoms with Crippen molar-refractivity contribution in [2.45, 2.75) is 24.6 Å². The summed E-state index contributed by atoms with van der Waals surface area (Å²) in [6.45, 7) is -0.681. The van der Waals surface area contributed by atoms with E-state index in [0.29, 0.717) is 10.9 Å². The Kier molecular flexibility index (Phi) is 5.44. The summed E-state index contributed by atoms with van der Waals surface area (Å²) >= 11 is 1.21. The predicted molar refractivity (Wildman–Crippen MR) is 76.4 cm³/mol. The SMILES string of the molecule is O=C(NCc1ccc(Oc2nccs2)cc1)C(F)(F)C(F)(F)C(F)(F)F. The van der Waals surface area contributed by atoms with Crippen molar-refractivity contribution in [3.05, 3.63) is 41.4 Å². The molecule has 0 aliphatic carbocycles. The zero-order valence-electron chi connectivity index (χ0n) is 12.5. The van der Waals surface area contributed by atoms with Crippen molar-refractivity contribution in [3.63, 3.8) is 0 Å². The molecule has 1 aromatic heterocycles. The van der Waals surface area contributed by atoms with Gasteiger partial charge in [0.15, 0.2) is 0 Å². The number of rotatable bonds is 6. The van der Waals surface area contributed by atoms with Gasteiger partial charge in [-0.2, -0.15) is 30.7 Å². The molecule has 12 heteroatoms. The lowest BCUT2D eigenvalue weighted by Crippen LogP contribution is -2.59. The summed E-state index contributed by atoms with van der Waals surface area (Å²) in [6, 6.07) is 5.38. The second-order valence-electron chi connectivity index (χ2n) is 4.87. The molecule has 2 aromatic rings. The van der Waals surface area contributed by atoms with Crippen LogP contribution in [0.2, 0.25) is 0 Å². The van der Waals surface area contributed by atoms with Gasteiger partial charge in [0.25, 0.3) is 11.1 Å². The van der Waals surface area contributed by atoms with Gasteiger partial charge in [0.1, 0.15) is 5.75 Å². The number of hydrogen-bond donors (Lipinski definition) is 1. The molecule has 0 atom stereocenters. The average molecular weight is 402 g/mol. The highest BCUT2D eigenvalue weighted by Crippen LogP contribution is 2.46. The van der Waals surface area contributed by atoms with Crippen LogP contribution in [0.25, 0.3) is 0 Å². The lowest BCUT2D eigenvalue weighted by molar-refractivity contribution is -0.344. The van der Waals surface area contributed by atoms with E-state index in [9.17, 15) is 35.5 Å². The Morgan fingerprint density at radius 2 is 1.69 bits per heavy atom. The van der Waals surface area contributed by atoms with Crippen LogP contribution in [0.5, 0.6) is 10.9 Å². The van der Waals surface area contributed by atoms with Crippen molar-refractivity contribution in [2.75, 3.05) is 0 Å². The molecule has 0 aliphatic heterocycles. The highest BCUT2D eigenvalue weighted by Gasteiger charge is 2.76. The number of carbonyl (C=O) groups is 1. The number of ether oxygens (including phenoxy) is 1. The van der Waals surface area contributed by atoms with Gasteiger partial charge >= 0.3 is 18.0 Å². The van der Waals surface area contributed by atoms with E-state index < -0.39 is 30.5 Å². The Labute approximate surface area is 145 Å². The minimum absolute atomic E-state index is 0.177. The Morgan fingerprint density at radius 3 is 2.19 bits per heavy atom. The molecule has 2 rings (SSSR count). The molecular weight excluding hydrogens is 393 g/mol. The molecule has 0 aliphatic rings. The standard InChI is InChI=1S/C14H9F7N2O2S/c15-12(16,13(17,18)14(19,20)21)10(24)23-7-8-1-3-9(4-2-8)25-11-22-5-6-26-11/h1-6H,7H2,(H,23,24). The van der Waals surface area contributed by atoms with Crippen LogP contribution >= 0.6 is 11.3 Å². The molecule has 4 nitrogen and oxygen atoms in total. The molecule has 142 valence electrons. The summed E-state index contributed by atoms with van der Waals surface area (Å²) in [5.41, 5.74) is 0.177. The molecule has 0 saturated heterocycles. The van der Waals surface area contributed by atoms with Crippen LogP contribution in [0.3, 0.4) is 0 Å². The maximum absolute atomic E-state index is 13.2. The Morgan fingerprint density at radius 1 is 1.08 bits per heavy atom. The van der Waals surface area contributed by atoms with Crippen LogP contribution in [0, 0.1) is 0 Å². The van der Waals surface area contributed by atoms with E-state index in [4.69, 9.17) is 4.74 Å². The zero-order chi connectivity index (χ0) is 19.6. The Hall–Kier alpha value is -2.37. The number of nitrogens with one attached hydrogen (secondary N) is 1. The minimum atomic E-state index is -6.57. The number of halogens is 7. The molecule has 0 unspecified atom stereocenters. The summed E-state index contributed by atoms with van der Waals surface area (Å²) < 4.78 is 93.2. The largest absolute Gasteiger partial charge is 0.460 e. The van der Waals surface area contributed by atoms with E-state index in [0.717, 1.165) is 0 Å². The third kappa shape index (κ3) is 4.06. The van der Waals surface area contributed by atoms with Crippen LogP contribution in [0.4, 0.5) is 30.7 Å². The van der Waals surface area contributed by atoms with E-state index in [1.54, 1.807) is 5.38 Å². The minimum Gasteiger partial charge on any atom is -0.431 e. The Balaban J connectivity index is 1.98. The first kappa shape index (κ1) is 19.9. The van der Waals surface area contributed by atoms with E-state index in [1.807, 2.05) is 0 Å². The number of alkyl halides is 7. The first-order valence-corrected chi connectivity index (χ1v) is 7.60. The second-order valence-corrected chi connectivity index (χ2v) is 5.73. The monoisotopic (exact) mass is 402 g/mol. The summed E-state index contributed by atoms with van der Waals surface area (Å²) in [5, 5.41) is 3.36. The number of thiazole rings is 1. The van der Waals surface area contributed by atoms with Gasteiger partial charge in [-0.15, -0.1) is 0 Å². The van der Waals surface area contributed by atoms with Gasteiger partial charge in [-0.05, 0) is 17.7 Å². The highest BCUT2D eigenvalue weighted by molar-refractivity contribution is 7.11. The molecule has 0 saturated carbocycles. The molecule has 0 spiro atoms. The van der Waals surface area contributed by atoms with Crippen LogP contribution in [-0.2, 0) is 11.3 Å². The summed E-state index contributed by atoms with van der Waals surface area (Å²) in [7, 11) is 0. The number of carbonyl (C=O) groups excluding carboxylic acids is 1. The zero-order valence-corrected chi connectivity index (χ0v) is 13.3. The number of nitrogens with zero attached hydrogens (tertiary/aromatic N) is 1. The van der Waals surface area contributed by atoms with Crippen LogP contribution in [0.15, 0.2) is 35.8 Å². The van der Waals surface area contributed by atoms with Gasteiger partial charge in [0.05, 0.1) is 0 Å². The van der Waals surface area contributed by atoms with Gasteiger partial charge in [-0.1, -0.05) is 23.5 Å². The molecule has 26 heavy (non-hydrogen) atoms. The van der Waals surface area contributed by atoms with Crippen molar-refractivity contribution in [2.24, 2.45) is 0 Å². The van der Waals surface area contributed by atoms with Crippen molar-refractivity contribution >= 4 is 17.2 Å². The number of benzene rings is 1. The van der Waals surface area contributed by atoms with Gasteiger partial charge in [0.2, 0.25) is 0 Å². The third-order valence-electron chi connectivity index (χ3n) is 3.03. The molecule has 0 radical (unpaired) electrons. The van der Waals surface area contributed by atoms with E-state index in [2.05, 4.69) is 4.98 Å². The third-order valence-corrected chi connectivity index (χ3v) is 3.67. The quantitative estimate of drug-likeness (QED) is 0.730. The fourth-order valence-corrected chi connectivity index (χ4v) is 2.16. The van der Waals surface area contributed by atoms with Crippen molar-refractivity contribution in [3.8, 4) is 10.9 Å². The number of amides is 1. The normalized spacial score (nSPS) is 12.7. The lowest BCUT2D eigenvalue weighted by Gasteiger charge is -2.27.